The van der Waals surface area contributed by atoms with Gasteiger partial charge in [-0.3, -0.25) is 9.59 Å². The molecule has 4 bridgehead atoms. The number of hydrogen-bond donors (Lipinski definition) is 2. The van der Waals surface area contributed by atoms with Crippen molar-refractivity contribution in [3.8, 4) is 11.5 Å². The van der Waals surface area contributed by atoms with Gasteiger partial charge in [0, 0.05) is 17.8 Å². The summed E-state index contributed by atoms with van der Waals surface area (Å²) in [7, 11) is 2.78. The molecule has 2 aliphatic heterocycles. The van der Waals surface area contributed by atoms with E-state index >= 15 is 0 Å². The maximum absolute atomic E-state index is 13.2. The molecule has 1 spiro atoms. The normalized spacial score (nSPS) is 36.9. The molecule has 182 valence electrons. The second-order valence-electron chi connectivity index (χ2n) is 10.7. The molecule has 2 heterocycles. The summed E-state index contributed by atoms with van der Waals surface area (Å²) in [5, 5.41) is 12.2. The minimum absolute atomic E-state index is 0.0217. The second-order valence-corrected chi connectivity index (χ2v) is 10.7. The van der Waals surface area contributed by atoms with E-state index in [1.165, 1.54) is 26.4 Å². The Hall–Kier alpha value is -2.87. The van der Waals surface area contributed by atoms with Gasteiger partial charge in [0.2, 0.25) is 5.91 Å². The summed E-state index contributed by atoms with van der Waals surface area (Å²) in [6.45, 7) is 4.17. The summed E-state index contributed by atoms with van der Waals surface area (Å²) in [4.78, 5) is 37.8. The molecule has 1 amide bonds. The smallest absolute Gasteiger partial charge is 0.339 e. The summed E-state index contributed by atoms with van der Waals surface area (Å²) in [5.41, 5.74) is -0.761. The van der Waals surface area contributed by atoms with Gasteiger partial charge in [-0.15, -0.1) is 0 Å². The molecule has 5 aliphatic rings. The molecular weight excluding hydrogens is 438 g/mol. The van der Waals surface area contributed by atoms with Crippen LogP contribution in [-0.2, 0) is 14.3 Å². The fourth-order valence-corrected chi connectivity index (χ4v) is 7.45. The third-order valence-electron chi connectivity index (χ3n) is 8.82. The lowest BCUT2D eigenvalue weighted by molar-refractivity contribution is -0.169. The van der Waals surface area contributed by atoms with Crippen molar-refractivity contribution in [3.63, 3.8) is 0 Å². The molecule has 0 radical (unpaired) electrons. The number of carbonyl (C=O) groups is 3. The molecule has 1 aromatic carbocycles. The summed E-state index contributed by atoms with van der Waals surface area (Å²) in [6, 6.07) is 2.85. The molecule has 6 rings (SSSR count). The molecule has 1 aromatic rings. The molecule has 3 aliphatic carbocycles. The van der Waals surface area contributed by atoms with Crippen molar-refractivity contribution in [2.75, 3.05) is 19.5 Å². The topological polar surface area (TPSA) is 111 Å². The molecule has 0 aromatic heterocycles. The van der Waals surface area contributed by atoms with Crippen LogP contribution in [-0.4, -0.2) is 48.7 Å². The number of benzene rings is 1. The van der Waals surface area contributed by atoms with Crippen molar-refractivity contribution < 1.29 is 33.7 Å². The molecule has 2 saturated carbocycles. The number of rotatable bonds is 7. The van der Waals surface area contributed by atoms with Crippen molar-refractivity contribution in [2.45, 2.75) is 57.7 Å². The van der Waals surface area contributed by atoms with Crippen LogP contribution < -0.4 is 14.8 Å². The number of methoxy groups -OCH3 is 2. The van der Waals surface area contributed by atoms with E-state index in [1.54, 1.807) is 6.08 Å². The third-order valence-corrected chi connectivity index (χ3v) is 8.82. The Morgan fingerprint density at radius 2 is 2.00 bits per heavy atom. The molecule has 6 atom stereocenters. The van der Waals surface area contributed by atoms with Gasteiger partial charge >= 0.3 is 5.97 Å². The van der Waals surface area contributed by atoms with Gasteiger partial charge in [0.25, 0.3) is 0 Å². The van der Waals surface area contributed by atoms with E-state index in [0.29, 0.717) is 18.1 Å². The number of ether oxygens (including phenoxy) is 3. The maximum atomic E-state index is 13.2. The van der Waals surface area contributed by atoms with Crippen molar-refractivity contribution in [2.24, 2.45) is 22.7 Å². The van der Waals surface area contributed by atoms with E-state index in [0.717, 1.165) is 19.3 Å². The highest BCUT2D eigenvalue weighted by atomic mass is 16.5. The van der Waals surface area contributed by atoms with Gasteiger partial charge in [0.1, 0.15) is 17.0 Å². The Balaban J connectivity index is 1.37. The Kier molecular flexibility index (Phi) is 5.10. The number of allylic oxidation sites excluding steroid dienone is 2. The predicted octanol–water partition coefficient (Wildman–Crippen LogP) is 3.84. The number of carbonyl (C=O) groups excluding carboxylic acids is 2. The Morgan fingerprint density at radius 1 is 1.24 bits per heavy atom. The van der Waals surface area contributed by atoms with Gasteiger partial charge in [-0.25, -0.2) is 4.79 Å². The fourth-order valence-electron chi connectivity index (χ4n) is 7.45. The number of aromatic carboxylic acids is 1. The Labute approximate surface area is 198 Å². The van der Waals surface area contributed by atoms with E-state index in [9.17, 15) is 19.5 Å². The first-order chi connectivity index (χ1) is 16.1. The largest absolute Gasteiger partial charge is 0.494 e. The predicted molar refractivity (Wildman–Crippen MR) is 123 cm³/mol. The summed E-state index contributed by atoms with van der Waals surface area (Å²) < 4.78 is 17.1. The van der Waals surface area contributed by atoms with Gasteiger partial charge in [-0.1, -0.05) is 13.0 Å². The Morgan fingerprint density at radius 3 is 2.65 bits per heavy atom. The van der Waals surface area contributed by atoms with Gasteiger partial charge < -0.3 is 24.6 Å². The number of amides is 1. The summed E-state index contributed by atoms with van der Waals surface area (Å²) >= 11 is 0. The molecule has 34 heavy (non-hydrogen) atoms. The second kappa shape index (κ2) is 7.57. The standard InChI is InChI=1S/C26H31NO7/c1-24(18(28)7-10-26-12-14-11-17(22(24)26)34-25(14,2)13-26)9-8-19(29)27-20-16(32-3)6-5-15(23(30)31)21(20)33-4/h5-7,10,14,17,22H,8-9,11-13H2,1-4H3,(H,27,29)(H,30,31)/t14-,17+,22+,24-,25+,26+/m1/s1. The number of carboxylic acid groups (broad SMARTS) is 1. The zero-order valence-electron chi connectivity index (χ0n) is 20.0. The van der Waals surface area contributed by atoms with Crippen LogP contribution in [0.3, 0.4) is 0 Å². The highest BCUT2D eigenvalue weighted by molar-refractivity contribution is 6.01. The lowest BCUT2D eigenvalue weighted by atomic mass is 9.51. The first kappa shape index (κ1) is 22.9. The number of ketones is 1. The average Bonchev–Trinajstić information content (AvgIpc) is 3.16. The van der Waals surface area contributed by atoms with Crippen LogP contribution in [0.4, 0.5) is 5.69 Å². The van der Waals surface area contributed by atoms with Crippen molar-refractivity contribution in [1.82, 2.24) is 0 Å². The van der Waals surface area contributed by atoms with Gasteiger partial charge in [-0.05, 0) is 62.1 Å². The number of anilines is 1. The highest BCUT2D eigenvalue weighted by Crippen LogP contribution is 2.71. The first-order valence-corrected chi connectivity index (χ1v) is 11.8. The van der Waals surface area contributed by atoms with E-state index in [2.05, 4.69) is 18.3 Å². The molecule has 8 nitrogen and oxygen atoms in total. The fraction of sp³-hybridized carbons (Fsp3) is 0.577. The number of hydrogen-bond acceptors (Lipinski definition) is 6. The lowest BCUT2D eigenvalue weighted by Crippen LogP contribution is -2.56. The van der Waals surface area contributed by atoms with Crippen molar-refractivity contribution in [3.05, 3.63) is 29.8 Å². The van der Waals surface area contributed by atoms with Gasteiger partial charge in [0.05, 0.1) is 25.9 Å². The maximum Gasteiger partial charge on any atom is 0.339 e. The van der Waals surface area contributed by atoms with E-state index in [4.69, 9.17) is 14.2 Å². The quantitative estimate of drug-likeness (QED) is 0.624. The van der Waals surface area contributed by atoms with Crippen LogP contribution >= 0.6 is 0 Å². The van der Waals surface area contributed by atoms with Crippen LogP contribution in [0.2, 0.25) is 0 Å². The molecule has 2 N–H and O–H groups in total. The Bertz CT molecular complexity index is 1110. The molecule has 2 saturated heterocycles. The molecular formula is C26H31NO7. The lowest BCUT2D eigenvalue weighted by Gasteiger charge is -2.55. The minimum atomic E-state index is -1.17. The first-order valence-electron chi connectivity index (χ1n) is 11.8. The van der Waals surface area contributed by atoms with Crippen LogP contribution in [0.5, 0.6) is 11.5 Å². The molecule has 8 heteroatoms. The van der Waals surface area contributed by atoms with Crippen LogP contribution in [0.25, 0.3) is 0 Å². The highest BCUT2D eigenvalue weighted by Gasteiger charge is 2.71. The zero-order chi connectivity index (χ0) is 24.5. The van der Waals surface area contributed by atoms with Crippen LogP contribution in [0.1, 0.15) is 56.3 Å². The van der Waals surface area contributed by atoms with Crippen molar-refractivity contribution in [1.29, 1.82) is 0 Å². The van der Waals surface area contributed by atoms with Crippen LogP contribution in [0.15, 0.2) is 24.3 Å². The number of nitrogens with one attached hydrogen (secondary N) is 1. The van der Waals surface area contributed by atoms with Crippen molar-refractivity contribution >= 4 is 23.3 Å². The summed E-state index contributed by atoms with van der Waals surface area (Å²) in [6.07, 6.45) is 7.29. The SMILES string of the molecule is COc1ccc(C(=O)O)c(OC)c1NC(=O)CC[C@]1(C)C(=O)C=C[C@]23C[C@H]4C[C@H](O[C@@]4(C)C2)[C@H]31. The molecule has 0 unspecified atom stereocenters. The summed E-state index contributed by atoms with van der Waals surface area (Å²) in [5.74, 6) is -0.570. The zero-order valence-corrected chi connectivity index (χ0v) is 20.0. The van der Waals surface area contributed by atoms with Crippen LogP contribution in [0, 0.1) is 22.7 Å². The van der Waals surface area contributed by atoms with Gasteiger partial charge in [0.15, 0.2) is 11.5 Å². The number of carboxylic acids is 1. The minimum Gasteiger partial charge on any atom is -0.494 e. The average molecular weight is 470 g/mol. The van der Waals surface area contributed by atoms with E-state index < -0.39 is 11.4 Å². The monoisotopic (exact) mass is 469 g/mol. The van der Waals surface area contributed by atoms with E-state index in [1.807, 2.05) is 6.92 Å². The molecule has 4 fully saturated rings. The van der Waals surface area contributed by atoms with E-state index in [-0.39, 0.29) is 58.1 Å². The third kappa shape index (κ3) is 3.11. The van der Waals surface area contributed by atoms with Gasteiger partial charge in [-0.2, -0.15) is 0 Å².